The molecule has 18 heavy (non-hydrogen) atoms. The van der Waals surface area contributed by atoms with Crippen molar-refractivity contribution in [3.8, 4) is 5.75 Å². The summed E-state index contributed by atoms with van der Waals surface area (Å²) in [5, 5.41) is 0. The van der Waals surface area contributed by atoms with Crippen LogP contribution < -0.4 is 4.74 Å². The minimum absolute atomic E-state index is 0.0627. The van der Waals surface area contributed by atoms with Crippen molar-refractivity contribution in [2.24, 2.45) is 0 Å². The Balaban J connectivity index is 2.08. The fourth-order valence-corrected chi connectivity index (χ4v) is 2.41. The van der Waals surface area contributed by atoms with Gasteiger partial charge in [-0.3, -0.25) is 4.79 Å². The van der Waals surface area contributed by atoms with Crippen molar-refractivity contribution in [2.45, 2.75) is 6.04 Å². The minimum atomic E-state index is 0.0627. The molecule has 2 rings (SSSR count). The third-order valence-corrected chi connectivity index (χ3v) is 3.69. The molecule has 1 fully saturated rings. The number of rotatable bonds is 3. The molecule has 1 saturated heterocycles. The molecule has 0 bridgehead atoms. The second-order valence-corrected chi connectivity index (χ2v) is 5.62. The summed E-state index contributed by atoms with van der Waals surface area (Å²) >= 11 is 3.39. The van der Waals surface area contributed by atoms with Gasteiger partial charge in [-0.15, -0.1) is 0 Å². The summed E-state index contributed by atoms with van der Waals surface area (Å²) in [6.45, 7) is 1.58. The molecule has 1 amide bonds. The molecule has 0 spiro atoms. The molecule has 1 aromatic carbocycles. The van der Waals surface area contributed by atoms with E-state index in [1.807, 2.05) is 31.1 Å². The summed E-state index contributed by atoms with van der Waals surface area (Å²) in [5.41, 5.74) is 0.665. The Bertz CT molecular complexity index is 456. The van der Waals surface area contributed by atoms with Gasteiger partial charge in [0, 0.05) is 29.2 Å². The molecular weight excluding hydrogens is 296 g/mol. The van der Waals surface area contributed by atoms with Crippen LogP contribution in [-0.4, -0.2) is 56.0 Å². The highest BCUT2D eigenvalue weighted by atomic mass is 79.9. The molecule has 4 nitrogen and oxygen atoms in total. The van der Waals surface area contributed by atoms with Crippen LogP contribution in [0.1, 0.15) is 10.4 Å². The highest BCUT2D eigenvalue weighted by Crippen LogP contribution is 2.24. The molecule has 1 aliphatic rings. The van der Waals surface area contributed by atoms with Crippen LogP contribution in [0.15, 0.2) is 22.7 Å². The second-order valence-electron chi connectivity index (χ2n) is 4.71. The van der Waals surface area contributed by atoms with E-state index >= 15 is 0 Å². The largest absolute Gasteiger partial charge is 0.497 e. The van der Waals surface area contributed by atoms with Crippen LogP contribution in [0.5, 0.6) is 5.75 Å². The Morgan fingerprint density at radius 1 is 1.39 bits per heavy atom. The quantitative estimate of drug-likeness (QED) is 0.854. The molecule has 5 heteroatoms. The molecule has 0 aromatic heterocycles. The Labute approximate surface area is 116 Å². The van der Waals surface area contributed by atoms with Crippen molar-refractivity contribution in [1.29, 1.82) is 0 Å². The van der Waals surface area contributed by atoms with Crippen LogP contribution in [0.2, 0.25) is 0 Å². The zero-order valence-electron chi connectivity index (χ0n) is 10.8. The van der Waals surface area contributed by atoms with Gasteiger partial charge >= 0.3 is 0 Å². The van der Waals surface area contributed by atoms with Gasteiger partial charge in [-0.2, -0.15) is 0 Å². The fraction of sp³-hybridized carbons (Fsp3) is 0.462. The zero-order valence-corrected chi connectivity index (χ0v) is 12.4. The SMILES string of the molecule is COc1cc(Br)cc(C(=O)N2CC(N(C)C)C2)c1. The van der Waals surface area contributed by atoms with E-state index in [1.54, 1.807) is 13.2 Å². The van der Waals surface area contributed by atoms with Gasteiger partial charge in [-0.1, -0.05) is 15.9 Å². The van der Waals surface area contributed by atoms with Crippen molar-refractivity contribution in [1.82, 2.24) is 9.80 Å². The maximum absolute atomic E-state index is 12.2. The molecule has 1 aromatic rings. The van der Waals surface area contributed by atoms with Crippen molar-refractivity contribution in [2.75, 3.05) is 34.3 Å². The van der Waals surface area contributed by atoms with E-state index in [9.17, 15) is 4.79 Å². The lowest BCUT2D eigenvalue weighted by atomic mass is 10.1. The molecule has 0 radical (unpaired) electrons. The summed E-state index contributed by atoms with van der Waals surface area (Å²) in [4.78, 5) is 16.2. The predicted octanol–water partition coefficient (Wildman–Crippen LogP) is 1.84. The number of nitrogens with zero attached hydrogens (tertiary/aromatic N) is 2. The average molecular weight is 313 g/mol. The number of halogens is 1. The lowest BCUT2D eigenvalue weighted by Gasteiger charge is -2.42. The van der Waals surface area contributed by atoms with E-state index in [-0.39, 0.29) is 5.91 Å². The van der Waals surface area contributed by atoms with E-state index in [2.05, 4.69) is 20.8 Å². The lowest BCUT2D eigenvalue weighted by molar-refractivity contribution is 0.0399. The Morgan fingerprint density at radius 2 is 2.06 bits per heavy atom. The average Bonchev–Trinajstić information content (AvgIpc) is 2.25. The van der Waals surface area contributed by atoms with Gasteiger partial charge < -0.3 is 14.5 Å². The Kier molecular flexibility index (Phi) is 3.92. The van der Waals surface area contributed by atoms with Gasteiger partial charge in [0.1, 0.15) is 5.75 Å². The number of likely N-dealkylation sites (tertiary alicyclic amines) is 1. The van der Waals surface area contributed by atoms with Crippen molar-refractivity contribution >= 4 is 21.8 Å². The Hall–Kier alpha value is -1.07. The number of likely N-dealkylation sites (N-methyl/N-ethyl adjacent to an activating group) is 1. The number of ether oxygens (including phenoxy) is 1. The number of amides is 1. The molecule has 1 heterocycles. The molecular formula is C13H17BrN2O2. The third kappa shape index (κ3) is 2.67. The normalized spacial score (nSPS) is 15.7. The van der Waals surface area contributed by atoms with Gasteiger partial charge in [0.2, 0.25) is 0 Å². The van der Waals surface area contributed by atoms with E-state index in [0.717, 1.165) is 17.6 Å². The molecule has 0 saturated carbocycles. The number of hydrogen-bond donors (Lipinski definition) is 0. The van der Waals surface area contributed by atoms with Gasteiger partial charge in [-0.25, -0.2) is 0 Å². The van der Waals surface area contributed by atoms with Crippen LogP contribution in [0.25, 0.3) is 0 Å². The highest BCUT2D eigenvalue weighted by Gasteiger charge is 2.32. The second kappa shape index (κ2) is 5.28. The highest BCUT2D eigenvalue weighted by molar-refractivity contribution is 9.10. The van der Waals surface area contributed by atoms with Crippen molar-refractivity contribution in [3.05, 3.63) is 28.2 Å². The Morgan fingerprint density at radius 3 is 2.61 bits per heavy atom. The smallest absolute Gasteiger partial charge is 0.254 e. The van der Waals surface area contributed by atoms with E-state index < -0.39 is 0 Å². The number of methoxy groups -OCH3 is 1. The van der Waals surface area contributed by atoms with E-state index in [1.165, 1.54) is 0 Å². The first-order chi connectivity index (χ1) is 8.51. The van der Waals surface area contributed by atoms with Gasteiger partial charge in [-0.05, 0) is 32.3 Å². The number of carbonyl (C=O) groups is 1. The molecule has 0 unspecified atom stereocenters. The first kappa shape index (κ1) is 13.4. The van der Waals surface area contributed by atoms with Gasteiger partial charge in [0.05, 0.1) is 7.11 Å². The van der Waals surface area contributed by atoms with Crippen LogP contribution in [0, 0.1) is 0 Å². The molecule has 98 valence electrons. The summed E-state index contributed by atoms with van der Waals surface area (Å²) < 4.78 is 6.02. The molecule has 0 aliphatic carbocycles. The number of hydrogen-bond acceptors (Lipinski definition) is 3. The minimum Gasteiger partial charge on any atom is -0.497 e. The summed E-state index contributed by atoms with van der Waals surface area (Å²) in [5.74, 6) is 0.755. The van der Waals surface area contributed by atoms with Crippen molar-refractivity contribution in [3.63, 3.8) is 0 Å². The summed E-state index contributed by atoms with van der Waals surface area (Å²) in [7, 11) is 5.67. The first-order valence-electron chi connectivity index (χ1n) is 5.81. The maximum Gasteiger partial charge on any atom is 0.254 e. The van der Waals surface area contributed by atoms with Crippen molar-refractivity contribution < 1.29 is 9.53 Å². The van der Waals surface area contributed by atoms with E-state index in [4.69, 9.17) is 4.74 Å². The fourth-order valence-electron chi connectivity index (χ4n) is 1.93. The summed E-state index contributed by atoms with van der Waals surface area (Å²) in [6, 6.07) is 5.92. The van der Waals surface area contributed by atoms with Crippen LogP contribution in [0.3, 0.4) is 0 Å². The van der Waals surface area contributed by atoms with E-state index in [0.29, 0.717) is 17.4 Å². The first-order valence-corrected chi connectivity index (χ1v) is 6.61. The van der Waals surface area contributed by atoms with Crippen LogP contribution in [-0.2, 0) is 0 Å². The van der Waals surface area contributed by atoms with Gasteiger partial charge in [0.25, 0.3) is 5.91 Å². The third-order valence-electron chi connectivity index (χ3n) is 3.23. The number of benzene rings is 1. The molecule has 0 N–H and O–H groups in total. The zero-order chi connectivity index (χ0) is 13.3. The molecule has 1 aliphatic heterocycles. The number of carbonyl (C=O) groups excluding carboxylic acids is 1. The van der Waals surface area contributed by atoms with Crippen LogP contribution in [0.4, 0.5) is 0 Å². The van der Waals surface area contributed by atoms with Gasteiger partial charge in [0.15, 0.2) is 0 Å². The standard InChI is InChI=1S/C13H17BrN2O2/c1-15(2)11-7-16(8-11)13(17)9-4-10(14)6-12(5-9)18-3/h4-6,11H,7-8H2,1-3H3. The molecule has 0 atom stereocenters. The topological polar surface area (TPSA) is 32.8 Å². The monoisotopic (exact) mass is 312 g/mol. The summed E-state index contributed by atoms with van der Waals surface area (Å²) in [6.07, 6.45) is 0. The van der Waals surface area contributed by atoms with Crippen LogP contribution >= 0.6 is 15.9 Å². The predicted molar refractivity (Wildman–Crippen MR) is 74.1 cm³/mol. The maximum atomic E-state index is 12.2. The lowest BCUT2D eigenvalue weighted by Crippen LogP contribution is -2.59.